The van der Waals surface area contributed by atoms with E-state index in [0.717, 1.165) is 25.2 Å². The van der Waals surface area contributed by atoms with Gasteiger partial charge in [-0.15, -0.1) is 0 Å². The highest BCUT2D eigenvalue weighted by Gasteiger charge is 2.09. The van der Waals surface area contributed by atoms with E-state index in [1.807, 2.05) is 7.05 Å². The molecule has 0 saturated carbocycles. The molecule has 1 heterocycles. The molecule has 0 saturated heterocycles. The minimum atomic E-state index is 0.556. The van der Waals surface area contributed by atoms with Crippen molar-refractivity contribution in [2.45, 2.75) is 33.2 Å². The van der Waals surface area contributed by atoms with Crippen LogP contribution >= 0.6 is 0 Å². The molecule has 0 aliphatic heterocycles. The van der Waals surface area contributed by atoms with Crippen LogP contribution in [0.15, 0.2) is 4.52 Å². The van der Waals surface area contributed by atoms with Crippen LogP contribution in [0.2, 0.25) is 0 Å². The Morgan fingerprint density at radius 1 is 1.44 bits per heavy atom. The van der Waals surface area contributed by atoms with Crippen LogP contribution in [-0.2, 0) is 13.0 Å². The van der Waals surface area contributed by atoms with Gasteiger partial charge in [0.15, 0.2) is 5.82 Å². The lowest BCUT2D eigenvalue weighted by molar-refractivity contribution is 0.265. The Bertz CT molecular complexity index is 298. The predicted molar refractivity (Wildman–Crippen MR) is 62.8 cm³/mol. The zero-order chi connectivity index (χ0) is 12.0. The monoisotopic (exact) mass is 226 g/mol. The van der Waals surface area contributed by atoms with Crippen LogP contribution < -0.4 is 5.73 Å². The molecule has 0 spiro atoms. The molecule has 0 aliphatic rings. The molecule has 0 atom stereocenters. The summed E-state index contributed by atoms with van der Waals surface area (Å²) in [6.45, 7) is 6.66. The van der Waals surface area contributed by atoms with Gasteiger partial charge in [0.25, 0.3) is 0 Å². The summed E-state index contributed by atoms with van der Waals surface area (Å²) in [6.07, 6.45) is 1.86. The van der Waals surface area contributed by atoms with Gasteiger partial charge in [-0.25, -0.2) is 0 Å². The summed E-state index contributed by atoms with van der Waals surface area (Å²) < 4.78 is 5.18. The van der Waals surface area contributed by atoms with E-state index in [1.54, 1.807) is 0 Å². The average Bonchev–Trinajstić information content (AvgIpc) is 2.61. The molecule has 0 bridgehead atoms. The van der Waals surface area contributed by atoms with E-state index in [2.05, 4.69) is 28.9 Å². The second kappa shape index (κ2) is 6.60. The summed E-state index contributed by atoms with van der Waals surface area (Å²) in [5.74, 6) is 2.05. The maximum atomic E-state index is 5.45. The van der Waals surface area contributed by atoms with Crippen LogP contribution in [0, 0.1) is 5.92 Å². The summed E-state index contributed by atoms with van der Waals surface area (Å²) in [7, 11) is 2.03. The summed E-state index contributed by atoms with van der Waals surface area (Å²) >= 11 is 0. The lowest BCUT2D eigenvalue weighted by atomic mass is 10.1. The molecule has 0 aliphatic carbocycles. The van der Waals surface area contributed by atoms with Gasteiger partial charge in [-0.05, 0) is 32.5 Å². The van der Waals surface area contributed by atoms with Crippen LogP contribution in [0.1, 0.15) is 32.0 Å². The largest absolute Gasteiger partial charge is 0.338 e. The Morgan fingerprint density at radius 2 is 2.19 bits per heavy atom. The molecule has 16 heavy (non-hydrogen) atoms. The van der Waals surface area contributed by atoms with Gasteiger partial charge >= 0.3 is 0 Å². The zero-order valence-electron chi connectivity index (χ0n) is 10.4. The summed E-state index contributed by atoms with van der Waals surface area (Å²) in [5.41, 5.74) is 5.45. The summed E-state index contributed by atoms with van der Waals surface area (Å²) in [6, 6.07) is 0. The van der Waals surface area contributed by atoms with E-state index < -0.39 is 0 Å². The van der Waals surface area contributed by atoms with E-state index in [1.165, 1.54) is 0 Å². The fraction of sp³-hybridized carbons (Fsp3) is 0.818. The number of nitrogens with zero attached hydrogens (tertiary/aromatic N) is 3. The van der Waals surface area contributed by atoms with Crippen molar-refractivity contribution < 1.29 is 4.52 Å². The Kier molecular flexibility index (Phi) is 5.42. The third kappa shape index (κ3) is 4.72. The summed E-state index contributed by atoms with van der Waals surface area (Å²) in [5, 5.41) is 3.95. The molecule has 0 amide bonds. The van der Waals surface area contributed by atoms with Gasteiger partial charge in [0.05, 0.1) is 6.54 Å². The maximum absolute atomic E-state index is 5.45. The topological polar surface area (TPSA) is 68.2 Å². The van der Waals surface area contributed by atoms with Crippen LogP contribution in [0.5, 0.6) is 0 Å². The molecular weight excluding hydrogens is 204 g/mol. The zero-order valence-corrected chi connectivity index (χ0v) is 10.4. The Balaban J connectivity index is 2.39. The lowest BCUT2D eigenvalue weighted by Crippen LogP contribution is -2.21. The highest BCUT2D eigenvalue weighted by atomic mass is 16.5. The smallest absolute Gasteiger partial charge is 0.240 e. The minimum Gasteiger partial charge on any atom is -0.338 e. The highest BCUT2D eigenvalue weighted by Crippen LogP contribution is 2.06. The second-order valence-corrected chi connectivity index (χ2v) is 4.58. The predicted octanol–water partition coefficient (Wildman–Crippen LogP) is 1.05. The first-order valence-electron chi connectivity index (χ1n) is 5.82. The van der Waals surface area contributed by atoms with Gasteiger partial charge in [-0.3, -0.25) is 4.90 Å². The standard InChI is InChI=1S/C11H22N4O/c1-9(2)7-10-13-11(16-14-10)8-15(3)6-4-5-12/h9H,4-8,12H2,1-3H3. The number of nitrogens with two attached hydrogens (primary N) is 1. The minimum absolute atomic E-state index is 0.556. The molecule has 5 nitrogen and oxygen atoms in total. The van der Waals surface area contributed by atoms with Crippen molar-refractivity contribution >= 4 is 0 Å². The van der Waals surface area contributed by atoms with E-state index in [0.29, 0.717) is 24.9 Å². The van der Waals surface area contributed by atoms with Crippen molar-refractivity contribution in [3.05, 3.63) is 11.7 Å². The third-order valence-corrected chi connectivity index (χ3v) is 2.25. The van der Waals surface area contributed by atoms with Crippen molar-refractivity contribution in [2.24, 2.45) is 11.7 Å². The number of rotatable bonds is 7. The molecule has 1 aromatic rings. The van der Waals surface area contributed by atoms with Gasteiger partial charge in [0.1, 0.15) is 0 Å². The van der Waals surface area contributed by atoms with Crippen molar-refractivity contribution in [2.75, 3.05) is 20.1 Å². The fourth-order valence-corrected chi connectivity index (χ4v) is 1.47. The normalized spacial score (nSPS) is 11.6. The molecule has 2 N–H and O–H groups in total. The van der Waals surface area contributed by atoms with E-state index >= 15 is 0 Å². The van der Waals surface area contributed by atoms with Gasteiger partial charge in [0, 0.05) is 6.42 Å². The first-order chi connectivity index (χ1) is 7.61. The van der Waals surface area contributed by atoms with Crippen molar-refractivity contribution in [3.8, 4) is 0 Å². The van der Waals surface area contributed by atoms with Crippen molar-refractivity contribution in [1.29, 1.82) is 0 Å². The maximum Gasteiger partial charge on any atom is 0.240 e. The Morgan fingerprint density at radius 3 is 2.81 bits per heavy atom. The van der Waals surface area contributed by atoms with Gasteiger partial charge in [-0.1, -0.05) is 19.0 Å². The molecule has 92 valence electrons. The quantitative estimate of drug-likeness (QED) is 0.752. The van der Waals surface area contributed by atoms with Gasteiger partial charge in [-0.2, -0.15) is 4.98 Å². The van der Waals surface area contributed by atoms with Crippen molar-refractivity contribution in [3.63, 3.8) is 0 Å². The molecule has 0 radical (unpaired) electrons. The fourth-order valence-electron chi connectivity index (χ4n) is 1.47. The number of hydrogen-bond donors (Lipinski definition) is 1. The van der Waals surface area contributed by atoms with E-state index in [9.17, 15) is 0 Å². The molecule has 5 heteroatoms. The van der Waals surface area contributed by atoms with Crippen LogP contribution in [0.4, 0.5) is 0 Å². The second-order valence-electron chi connectivity index (χ2n) is 4.58. The van der Waals surface area contributed by atoms with Gasteiger partial charge in [0.2, 0.25) is 5.89 Å². The summed E-state index contributed by atoms with van der Waals surface area (Å²) in [4.78, 5) is 6.49. The average molecular weight is 226 g/mol. The number of aromatic nitrogens is 2. The van der Waals surface area contributed by atoms with Crippen LogP contribution in [-0.4, -0.2) is 35.2 Å². The molecular formula is C11H22N4O. The Hall–Kier alpha value is -0.940. The molecule has 0 unspecified atom stereocenters. The first-order valence-corrected chi connectivity index (χ1v) is 5.82. The van der Waals surface area contributed by atoms with Crippen LogP contribution in [0.3, 0.4) is 0 Å². The SMILES string of the molecule is CC(C)Cc1noc(CN(C)CCCN)n1. The lowest BCUT2D eigenvalue weighted by Gasteiger charge is -2.12. The van der Waals surface area contributed by atoms with E-state index in [4.69, 9.17) is 10.3 Å². The molecule has 0 fully saturated rings. The first kappa shape index (κ1) is 13.1. The molecule has 1 rings (SSSR count). The number of hydrogen-bond acceptors (Lipinski definition) is 5. The highest BCUT2D eigenvalue weighted by molar-refractivity contribution is 4.87. The molecule has 1 aromatic heterocycles. The van der Waals surface area contributed by atoms with E-state index in [-0.39, 0.29) is 0 Å². The molecule has 0 aromatic carbocycles. The third-order valence-electron chi connectivity index (χ3n) is 2.25. The Labute approximate surface area is 97.0 Å². The van der Waals surface area contributed by atoms with Gasteiger partial charge < -0.3 is 10.3 Å². The van der Waals surface area contributed by atoms with Crippen molar-refractivity contribution in [1.82, 2.24) is 15.0 Å². The van der Waals surface area contributed by atoms with Crippen LogP contribution in [0.25, 0.3) is 0 Å².